The number of nitrogens with one attached hydrogen (secondary N) is 1. The van der Waals surface area contributed by atoms with Crippen molar-refractivity contribution in [1.82, 2.24) is 5.32 Å². The fourth-order valence-electron chi connectivity index (χ4n) is 3.70. The number of fused-ring (bicyclic) bond motifs is 3. The Morgan fingerprint density at radius 1 is 1.03 bits per heavy atom. The maximum absolute atomic E-state index is 12.4. The van der Waals surface area contributed by atoms with Gasteiger partial charge in [-0.15, -0.1) is 0 Å². The molecule has 0 bridgehead atoms. The summed E-state index contributed by atoms with van der Waals surface area (Å²) in [6.07, 6.45) is -1.07. The SMILES string of the molecule is O=C(O)C[C@H](NC(=O)OCC1c2ccccc2-c2ccccc21)c1ccc(Cl)o1. The van der Waals surface area contributed by atoms with E-state index in [1.54, 1.807) is 0 Å². The molecule has 0 fully saturated rings. The first kappa shape index (κ1) is 19.1. The summed E-state index contributed by atoms with van der Waals surface area (Å²) in [4.78, 5) is 23.5. The fraction of sp³-hybridized carbons (Fsp3) is 0.182. The Bertz CT molecular complexity index is 1020. The summed E-state index contributed by atoms with van der Waals surface area (Å²) >= 11 is 5.76. The molecule has 6 nitrogen and oxygen atoms in total. The number of carboxylic acid groups (broad SMARTS) is 1. The lowest BCUT2D eigenvalue weighted by Gasteiger charge is -2.17. The van der Waals surface area contributed by atoms with E-state index in [1.165, 1.54) is 12.1 Å². The van der Waals surface area contributed by atoms with Gasteiger partial charge in [0, 0.05) is 5.92 Å². The van der Waals surface area contributed by atoms with Gasteiger partial charge >= 0.3 is 12.1 Å². The highest BCUT2D eigenvalue weighted by Gasteiger charge is 2.29. The lowest BCUT2D eigenvalue weighted by atomic mass is 9.98. The summed E-state index contributed by atoms with van der Waals surface area (Å²) in [5, 5.41) is 11.8. The van der Waals surface area contributed by atoms with E-state index in [0.717, 1.165) is 22.3 Å². The van der Waals surface area contributed by atoms with Crippen LogP contribution in [-0.4, -0.2) is 23.8 Å². The maximum atomic E-state index is 12.4. The van der Waals surface area contributed by atoms with Crippen LogP contribution in [0.15, 0.2) is 65.1 Å². The smallest absolute Gasteiger partial charge is 0.407 e. The van der Waals surface area contributed by atoms with Gasteiger partial charge in [0.1, 0.15) is 18.4 Å². The number of furan rings is 1. The third-order valence-electron chi connectivity index (χ3n) is 4.95. The van der Waals surface area contributed by atoms with E-state index in [9.17, 15) is 9.59 Å². The molecule has 1 heterocycles. The summed E-state index contributed by atoms with van der Waals surface area (Å²) in [6.45, 7) is 0.137. The molecule has 1 amide bonds. The molecule has 2 aromatic carbocycles. The predicted octanol–water partition coefficient (Wildman–Crippen LogP) is 4.99. The summed E-state index contributed by atoms with van der Waals surface area (Å²) in [6, 6.07) is 18.2. The van der Waals surface area contributed by atoms with Crippen molar-refractivity contribution in [2.24, 2.45) is 0 Å². The Morgan fingerprint density at radius 2 is 1.66 bits per heavy atom. The zero-order chi connectivity index (χ0) is 20.4. The number of carbonyl (C=O) groups is 2. The molecule has 148 valence electrons. The number of rotatable bonds is 6. The largest absolute Gasteiger partial charge is 0.481 e. The quantitative estimate of drug-likeness (QED) is 0.596. The standard InChI is InChI=1S/C22H18ClNO5/c23-20-10-9-19(29-20)18(11-21(25)26)24-22(27)28-12-17-15-7-3-1-5-13(15)14-6-2-4-8-16(14)17/h1-10,17-18H,11-12H2,(H,24,27)(H,25,26)/t18-/m0/s1. The molecule has 1 atom stereocenters. The number of carboxylic acids is 1. The van der Waals surface area contributed by atoms with Crippen molar-refractivity contribution < 1.29 is 23.8 Å². The number of hydrogen-bond acceptors (Lipinski definition) is 4. The Labute approximate surface area is 172 Å². The third kappa shape index (κ3) is 3.98. The van der Waals surface area contributed by atoms with Crippen molar-refractivity contribution in [2.45, 2.75) is 18.4 Å². The van der Waals surface area contributed by atoms with Crippen LogP contribution < -0.4 is 5.32 Å². The van der Waals surface area contributed by atoms with Gasteiger partial charge in [-0.05, 0) is 46.0 Å². The molecule has 0 unspecified atom stereocenters. The van der Waals surface area contributed by atoms with Crippen LogP contribution in [0.25, 0.3) is 11.1 Å². The van der Waals surface area contributed by atoms with Gasteiger partial charge in [-0.1, -0.05) is 48.5 Å². The van der Waals surface area contributed by atoms with Crippen LogP contribution >= 0.6 is 11.6 Å². The second-order valence-corrected chi connectivity index (χ2v) is 7.13. The number of hydrogen-bond donors (Lipinski definition) is 2. The zero-order valence-corrected chi connectivity index (χ0v) is 16.1. The van der Waals surface area contributed by atoms with E-state index < -0.39 is 18.1 Å². The normalized spacial score (nSPS) is 13.4. The van der Waals surface area contributed by atoms with E-state index >= 15 is 0 Å². The van der Waals surface area contributed by atoms with Crippen molar-refractivity contribution in [3.8, 4) is 11.1 Å². The predicted molar refractivity (Wildman–Crippen MR) is 107 cm³/mol. The van der Waals surface area contributed by atoms with Gasteiger partial charge in [-0.2, -0.15) is 0 Å². The van der Waals surface area contributed by atoms with Crippen LogP contribution in [-0.2, 0) is 9.53 Å². The molecule has 4 rings (SSSR count). The minimum atomic E-state index is -1.08. The second kappa shape index (κ2) is 8.01. The molecular weight excluding hydrogens is 394 g/mol. The zero-order valence-electron chi connectivity index (χ0n) is 15.3. The van der Waals surface area contributed by atoms with Gasteiger partial charge < -0.3 is 19.6 Å². The van der Waals surface area contributed by atoms with Crippen LogP contribution in [0.3, 0.4) is 0 Å². The minimum Gasteiger partial charge on any atom is -0.481 e. The van der Waals surface area contributed by atoms with Crippen LogP contribution in [0.1, 0.15) is 35.3 Å². The average Bonchev–Trinajstić information content (AvgIpc) is 3.27. The van der Waals surface area contributed by atoms with Crippen LogP contribution in [0, 0.1) is 0 Å². The van der Waals surface area contributed by atoms with Crippen molar-refractivity contribution in [1.29, 1.82) is 0 Å². The monoisotopic (exact) mass is 411 g/mol. The van der Waals surface area contributed by atoms with Gasteiger partial charge in [0.2, 0.25) is 0 Å². The molecule has 0 spiro atoms. The van der Waals surface area contributed by atoms with E-state index in [1.807, 2.05) is 36.4 Å². The molecule has 0 aliphatic heterocycles. The first-order chi connectivity index (χ1) is 14.0. The summed E-state index contributed by atoms with van der Waals surface area (Å²) in [5.41, 5.74) is 4.46. The van der Waals surface area contributed by atoms with Crippen LogP contribution in [0.5, 0.6) is 0 Å². The number of ether oxygens (including phenoxy) is 1. The Balaban J connectivity index is 1.47. The van der Waals surface area contributed by atoms with Gasteiger partial charge in [0.25, 0.3) is 0 Å². The van der Waals surface area contributed by atoms with Crippen molar-refractivity contribution in [2.75, 3.05) is 6.61 Å². The molecule has 1 aromatic heterocycles. The van der Waals surface area contributed by atoms with E-state index in [4.69, 9.17) is 25.9 Å². The molecule has 1 aliphatic carbocycles. The van der Waals surface area contributed by atoms with Crippen molar-refractivity contribution in [3.63, 3.8) is 0 Å². The summed E-state index contributed by atoms with van der Waals surface area (Å²) < 4.78 is 10.7. The molecule has 0 saturated carbocycles. The lowest BCUT2D eigenvalue weighted by Crippen LogP contribution is -2.31. The fourth-order valence-corrected chi connectivity index (χ4v) is 3.85. The molecular formula is C22H18ClNO5. The van der Waals surface area contributed by atoms with Crippen molar-refractivity contribution in [3.05, 3.63) is 82.8 Å². The van der Waals surface area contributed by atoms with Gasteiger partial charge in [0.15, 0.2) is 5.22 Å². The molecule has 1 aliphatic rings. The number of benzene rings is 2. The second-order valence-electron chi connectivity index (χ2n) is 6.76. The van der Waals surface area contributed by atoms with E-state index in [2.05, 4.69) is 17.4 Å². The number of amides is 1. The third-order valence-corrected chi connectivity index (χ3v) is 5.16. The number of alkyl carbamates (subject to hydrolysis) is 1. The summed E-state index contributed by atoms with van der Waals surface area (Å²) in [5.74, 6) is -0.906. The molecule has 0 radical (unpaired) electrons. The maximum Gasteiger partial charge on any atom is 0.407 e. The van der Waals surface area contributed by atoms with Gasteiger partial charge in [-0.3, -0.25) is 4.79 Å². The molecule has 0 saturated heterocycles. The number of carbonyl (C=O) groups excluding carboxylic acids is 1. The topological polar surface area (TPSA) is 88.8 Å². The Morgan fingerprint density at radius 3 is 2.21 bits per heavy atom. The van der Waals surface area contributed by atoms with E-state index in [0.29, 0.717) is 0 Å². The highest BCUT2D eigenvalue weighted by molar-refractivity contribution is 6.28. The molecule has 7 heteroatoms. The number of aliphatic carboxylic acids is 1. The van der Waals surface area contributed by atoms with Gasteiger partial charge in [-0.25, -0.2) is 4.79 Å². The molecule has 29 heavy (non-hydrogen) atoms. The molecule has 3 aromatic rings. The summed E-state index contributed by atoms with van der Waals surface area (Å²) in [7, 11) is 0. The van der Waals surface area contributed by atoms with Crippen molar-refractivity contribution >= 4 is 23.7 Å². The average molecular weight is 412 g/mol. The molecule has 2 N–H and O–H groups in total. The Hall–Kier alpha value is -3.25. The number of halogens is 1. The Kier molecular flexibility index (Phi) is 5.27. The first-order valence-electron chi connectivity index (χ1n) is 9.11. The van der Waals surface area contributed by atoms with Crippen LogP contribution in [0.2, 0.25) is 5.22 Å². The minimum absolute atomic E-state index is 0.0795. The lowest BCUT2D eigenvalue weighted by molar-refractivity contribution is -0.137. The van der Waals surface area contributed by atoms with Crippen LogP contribution in [0.4, 0.5) is 4.79 Å². The van der Waals surface area contributed by atoms with E-state index in [-0.39, 0.29) is 29.9 Å². The highest BCUT2D eigenvalue weighted by atomic mass is 35.5. The first-order valence-corrected chi connectivity index (χ1v) is 9.49. The van der Waals surface area contributed by atoms with Gasteiger partial charge in [0.05, 0.1) is 6.42 Å². The highest BCUT2D eigenvalue weighted by Crippen LogP contribution is 2.44.